The fourth-order valence-electron chi connectivity index (χ4n) is 3.28. The zero-order chi connectivity index (χ0) is 17.4. The first-order valence-corrected chi connectivity index (χ1v) is 8.51. The molecule has 7 heteroatoms. The smallest absolute Gasteiger partial charge is 0.253 e. The third kappa shape index (κ3) is 2.99. The van der Waals surface area contributed by atoms with E-state index in [-0.39, 0.29) is 5.91 Å². The second-order valence-electron chi connectivity index (χ2n) is 6.36. The molecular weight excluding hydrogens is 340 g/mol. The summed E-state index contributed by atoms with van der Waals surface area (Å²) in [6.07, 6.45) is 0.985. The van der Waals surface area contributed by atoms with Crippen molar-refractivity contribution >= 4 is 28.5 Å². The highest BCUT2D eigenvalue weighted by atomic mass is 35.5. The van der Waals surface area contributed by atoms with Gasteiger partial charge in [-0.05, 0) is 48.7 Å². The van der Waals surface area contributed by atoms with Gasteiger partial charge in [0, 0.05) is 23.7 Å². The third-order valence-corrected chi connectivity index (χ3v) is 5.07. The van der Waals surface area contributed by atoms with Gasteiger partial charge in [0.25, 0.3) is 5.91 Å². The highest BCUT2D eigenvalue weighted by Crippen LogP contribution is 2.33. The molecule has 6 nitrogen and oxygen atoms in total. The van der Waals surface area contributed by atoms with Crippen LogP contribution in [0, 0.1) is 0 Å². The number of fused-ring (bicyclic) bond motifs is 1. The van der Waals surface area contributed by atoms with Crippen LogP contribution in [-0.2, 0) is 5.60 Å². The van der Waals surface area contributed by atoms with Crippen LogP contribution in [-0.4, -0.2) is 44.4 Å². The van der Waals surface area contributed by atoms with Crippen molar-refractivity contribution in [3.63, 3.8) is 0 Å². The van der Waals surface area contributed by atoms with Gasteiger partial charge < -0.3 is 10.0 Å². The van der Waals surface area contributed by atoms with Crippen molar-refractivity contribution in [2.24, 2.45) is 0 Å². The van der Waals surface area contributed by atoms with E-state index in [9.17, 15) is 9.90 Å². The van der Waals surface area contributed by atoms with Crippen LogP contribution in [0.2, 0.25) is 5.02 Å². The molecule has 2 aromatic carbocycles. The first-order valence-electron chi connectivity index (χ1n) is 8.13. The van der Waals surface area contributed by atoms with E-state index in [1.165, 1.54) is 0 Å². The summed E-state index contributed by atoms with van der Waals surface area (Å²) in [5, 5.41) is 22.1. The van der Waals surface area contributed by atoms with Crippen molar-refractivity contribution in [3.8, 4) is 0 Å². The lowest BCUT2D eigenvalue weighted by molar-refractivity contribution is -0.0211. The van der Waals surface area contributed by atoms with Crippen molar-refractivity contribution in [1.82, 2.24) is 20.3 Å². The van der Waals surface area contributed by atoms with Crippen molar-refractivity contribution in [3.05, 3.63) is 58.6 Å². The summed E-state index contributed by atoms with van der Waals surface area (Å²) in [6.45, 7) is 0.990. The van der Waals surface area contributed by atoms with E-state index in [4.69, 9.17) is 11.6 Å². The average molecular weight is 357 g/mol. The zero-order valence-electron chi connectivity index (χ0n) is 13.4. The molecule has 3 aromatic rings. The molecule has 2 heterocycles. The molecule has 0 spiro atoms. The Morgan fingerprint density at radius 3 is 2.48 bits per heavy atom. The van der Waals surface area contributed by atoms with Crippen LogP contribution in [0.5, 0.6) is 0 Å². The number of carbonyl (C=O) groups is 1. The number of hydrogen-bond acceptors (Lipinski definition) is 4. The van der Waals surface area contributed by atoms with Crippen molar-refractivity contribution < 1.29 is 9.90 Å². The standard InChI is InChI=1S/C18H17ClN4O2/c19-14-4-2-13(3-5-14)18(25)7-9-23(10-8-18)17(24)12-1-6-15-16(11-12)21-22-20-15/h1-6,11,25H,7-10H2,(H,20,21,22). The Kier molecular flexibility index (Phi) is 3.94. The summed E-state index contributed by atoms with van der Waals surface area (Å²) >= 11 is 5.92. The molecule has 1 saturated heterocycles. The summed E-state index contributed by atoms with van der Waals surface area (Å²) in [5.41, 5.74) is 1.90. The number of H-pyrrole nitrogens is 1. The van der Waals surface area contributed by atoms with Crippen LogP contribution in [0.15, 0.2) is 42.5 Å². The molecule has 25 heavy (non-hydrogen) atoms. The predicted molar refractivity (Wildman–Crippen MR) is 94.4 cm³/mol. The summed E-state index contributed by atoms with van der Waals surface area (Å²) < 4.78 is 0. The Bertz CT molecular complexity index is 914. The summed E-state index contributed by atoms with van der Waals surface area (Å²) in [7, 11) is 0. The van der Waals surface area contributed by atoms with Gasteiger partial charge in [0.1, 0.15) is 11.0 Å². The van der Waals surface area contributed by atoms with E-state index in [1.54, 1.807) is 35.2 Å². The quantitative estimate of drug-likeness (QED) is 0.739. The molecule has 1 amide bonds. The Morgan fingerprint density at radius 1 is 1.08 bits per heavy atom. The lowest BCUT2D eigenvalue weighted by atomic mass is 9.84. The number of aliphatic hydroxyl groups is 1. The topological polar surface area (TPSA) is 82.1 Å². The molecule has 0 aliphatic carbocycles. The molecular formula is C18H17ClN4O2. The molecule has 4 rings (SSSR count). The highest BCUT2D eigenvalue weighted by Gasteiger charge is 2.35. The number of hydrogen-bond donors (Lipinski definition) is 2. The van der Waals surface area contributed by atoms with E-state index in [0.717, 1.165) is 11.1 Å². The maximum absolute atomic E-state index is 12.7. The van der Waals surface area contributed by atoms with E-state index in [1.807, 2.05) is 12.1 Å². The van der Waals surface area contributed by atoms with Crippen LogP contribution in [0.3, 0.4) is 0 Å². The fourth-order valence-corrected chi connectivity index (χ4v) is 3.41. The number of aromatic nitrogens is 3. The first-order chi connectivity index (χ1) is 12.0. The molecule has 0 saturated carbocycles. The number of nitrogens with zero attached hydrogens (tertiary/aromatic N) is 3. The highest BCUT2D eigenvalue weighted by molar-refractivity contribution is 6.30. The van der Waals surface area contributed by atoms with Gasteiger partial charge in [0.15, 0.2) is 0 Å². The minimum Gasteiger partial charge on any atom is -0.385 e. The van der Waals surface area contributed by atoms with E-state index < -0.39 is 5.60 Å². The predicted octanol–water partition coefficient (Wildman–Crippen LogP) is 2.74. The Balaban J connectivity index is 1.49. The van der Waals surface area contributed by atoms with Crippen LogP contribution in [0.4, 0.5) is 0 Å². The Labute approximate surface area is 149 Å². The summed E-state index contributed by atoms with van der Waals surface area (Å²) in [4.78, 5) is 14.5. The molecule has 2 N–H and O–H groups in total. The minimum absolute atomic E-state index is 0.0527. The number of amides is 1. The second kappa shape index (κ2) is 6.13. The van der Waals surface area contributed by atoms with Gasteiger partial charge in [-0.1, -0.05) is 23.7 Å². The van der Waals surface area contributed by atoms with Crippen molar-refractivity contribution in [1.29, 1.82) is 0 Å². The number of piperidine rings is 1. The molecule has 1 aliphatic rings. The van der Waals surface area contributed by atoms with Gasteiger partial charge in [-0.2, -0.15) is 15.4 Å². The largest absolute Gasteiger partial charge is 0.385 e. The number of carbonyl (C=O) groups excluding carboxylic acids is 1. The minimum atomic E-state index is -0.919. The number of halogens is 1. The van der Waals surface area contributed by atoms with E-state index >= 15 is 0 Å². The molecule has 0 bridgehead atoms. The third-order valence-electron chi connectivity index (χ3n) is 4.82. The van der Waals surface area contributed by atoms with Gasteiger partial charge in [-0.15, -0.1) is 0 Å². The molecule has 0 unspecified atom stereocenters. The van der Waals surface area contributed by atoms with Crippen molar-refractivity contribution in [2.75, 3.05) is 13.1 Å². The van der Waals surface area contributed by atoms with Gasteiger partial charge in [0.2, 0.25) is 0 Å². The molecule has 1 aliphatic heterocycles. The number of aromatic amines is 1. The van der Waals surface area contributed by atoms with Crippen molar-refractivity contribution in [2.45, 2.75) is 18.4 Å². The van der Waals surface area contributed by atoms with Crippen LogP contribution < -0.4 is 0 Å². The average Bonchev–Trinajstić information content (AvgIpc) is 3.10. The monoisotopic (exact) mass is 356 g/mol. The first kappa shape index (κ1) is 16.1. The van der Waals surface area contributed by atoms with E-state index in [2.05, 4.69) is 15.4 Å². The Hall–Kier alpha value is -2.44. The number of likely N-dealkylation sites (tertiary alicyclic amines) is 1. The lowest BCUT2D eigenvalue weighted by Gasteiger charge is -2.38. The van der Waals surface area contributed by atoms with Crippen LogP contribution >= 0.6 is 11.6 Å². The summed E-state index contributed by atoms with van der Waals surface area (Å²) in [5.74, 6) is -0.0527. The van der Waals surface area contributed by atoms with Crippen LogP contribution in [0.1, 0.15) is 28.8 Å². The number of benzene rings is 2. The summed E-state index contributed by atoms with van der Waals surface area (Å²) in [6, 6.07) is 12.5. The number of nitrogens with one attached hydrogen (secondary N) is 1. The second-order valence-corrected chi connectivity index (χ2v) is 6.79. The van der Waals surface area contributed by atoms with Crippen LogP contribution in [0.25, 0.3) is 11.0 Å². The van der Waals surface area contributed by atoms with Gasteiger partial charge in [0.05, 0.1) is 5.60 Å². The van der Waals surface area contributed by atoms with Gasteiger partial charge >= 0.3 is 0 Å². The maximum Gasteiger partial charge on any atom is 0.253 e. The molecule has 1 fully saturated rings. The lowest BCUT2D eigenvalue weighted by Crippen LogP contribution is -2.45. The number of rotatable bonds is 2. The SMILES string of the molecule is O=C(c1ccc2n[nH]nc2c1)N1CCC(O)(c2ccc(Cl)cc2)CC1. The zero-order valence-corrected chi connectivity index (χ0v) is 14.2. The molecule has 0 atom stereocenters. The Morgan fingerprint density at radius 2 is 1.76 bits per heavy atom. The fraction of sp³-hybridized carbons (Fsp3) is 0.278. The van der Waals surface area contributed by atoms with E-state index in [0.29, 0.717) is 42.0 Å². The molecule has 128 valence electrons. The molecule has 1 aromatic heterocycles. The van der Waals surface area contributed by atoms with Gasteiger partial charge in [-0.3, -0.25) is 4.79 Å². The normalized spacial score (nSPS) is 17.0. The van der Waals surface area contributed by atoms with Gasteiger partial charge in [-0.25, -0.2) is 0 Å². The maximum atomic E-state index is 12.7. The molecule has 0 radical (unpaired) electrons.